The molecule has 2 N–H and O–H groups in total. The van der Waals surface area contributed by atoms with Crippen LogP contribution in [0.1, 0.15) is 12.8 Å². The maximum atomic E-state index is 12.9. The van der Waals surface area contributed by atoms with E-state index in [9.17, 15) is 8.78 Å². The van der Waals surface area contributed by atoms with Gasteiger partial charge in [0.2, 0.25) is 5.92 Å². The van der Waals surface area contributed by atoms with E-state index in [1.54, 1.807) is 12.1 Å². The van der Waals surface area contributed by atoms with Crippen LogP contribution in [0.15, 0.2) is 24.3 Å². The van der Waals surface area contributed by atoms with Crippen LogP contribution in [0.4, 0.5) is 14.5 Å². The Morgan fingerprint density at radius 2 is 1.64 bits per heavy atom. The predicted molar refractivity (Wildman–Crippen MR) is 82.6 cm³/mol. The number of hydrogen-bond acceptors (Lipinski definition) is 4. The molecule has 3 rings (SSSR count). The molecule has 2 aliphatic rings. The van der Waals surface area contributed by atoms with Gasteiger partial charge in [0.1, 0.15) is 0 Å². The largest absolute Gasteiger partial charge is 0.488 e. The van der Waals surface area contributed by atoms with E-state index in [4.69, 9.17) is 10.0 Å². The molecule has 120 valence electrons. The van der Waals surface area contributed by atoms with Gasteiger partial charge in [-0.1, -0.05) is 12.1 Å². The van der Waals surface area contributed by atoms with Gasteiger partial charge in [0.25, 0.3) is 0 Å². The first-order valence-corrected chi connectivity index (χ1v) is 7.74. The van der Waals surface area contributed by atoms with Crippen molar-refractivity contribution in [2.24, 2.45) is 5.92 Å². The van der Waals surface area contributed by atoms with E-state index in [1.165, 1.54) is 0 Å². The molecule has 1 aromatic carbocycles. The number of benzene rings is 1. The van der Waals surface area contributed by atoms with Crippen molar-refractivity contribution < 1.29 is 18.8 Å². The molecule has 1 aliphatic carbocycles. The van der Waals surface area contributed by atoms with Crippen LogP contribution < -0.4 is 10.4 Å². The Morgan fingerprint density at radius 3 is 2.14 bits per heavy atom. The molecule has 0 spiro atoms. The van der Waals surface area contributed by atoms with Crippen molar-refractivity contribution in [2.45, 2.75) is 18.8 Å². The highest BCUT2D eigenvalue weighted by Crippen LogP contribution is 2.42. The number of alkyl halides is 2. The zero-order valence-electron chi connectivity index (χ0n) is 12.5. The molecular weight excluding hydrogens is 289 g/mol. The van der Waals surface area contributed by atoms with Crippen molar-refractivity contribution in [3.05, 3.63) is 24.3 Å². The van der Waals surface area contributed by atoms with Crippen LogP contribution >= 0.6 is 0 Å². The van der Waals surface area contributed by atoms with Crippen LogP contribution in [0, 0.1) is 5.92 Å². The molecule has 0 bridgehead atoms. The van der Waals surface area contributed by atoms with Gasteiger partial charge >= 0.3 is 7.12 Å². The Morgan fingerprint density at radius 1 is 1.05 bits per heavy atom. The summed E-state index contributed by atoms with van der Waals surface area (Å²) in [5.74, 6) is -2.28. The topological polar surface area (TPSA) is 46.9 Å². The van der Waals surface area contributed by atoms with E-state index < -0.39 is 13.0 Å². The zero-order valence-corrected chi connectivity index (χ0v) is 12.5. The summed E-state index contributed by atoms with van der Waals surface area (Å²) in [6, 6.07) is 7.19. The van der Waals surface area contributed by atoms with E-state index in [0.717, 1.165) is 38.4 Å². The minimum absolute atomic E-state index is 0.0398. The number of hydrogen-bond donors (Lipinski definition) is 2. The van der Waals surface area contributed by atoms with Gasteiger partial charge in [0.05, 0.1) is 0 Å². The molecule has 0 unspecified atom stereocenters. The lowest BCUT2D eigenvalue weighted by Crippen LogP contribution is -2.50. The molecule has 22 heavy (non-hydrogen) atoms. The quantitative estimate of drug-likeness (QED) is 0.797. The van der Waals surface area contributed by atoms with Gasteiger partial charge < -0.3 is 14.9 Å². The average molecular weight is 310 g/mol. The van der Waals surface area contributed by atoms with Crippen molar-refractivity contribution in [1.29, 1.82) is 0 Å². The Hall–Kier alpha value is -1.18. The first-order chi connectivity index (χ1) is 10.4. The highest BCUT2D eigenvalue weighted by Gasteiger charge is 2.45. The second kappa shape index (κ2) is 6.14. The van der Waals surface area contributed by atoms with Crippen LogP contribution in [-0.2, 0) is 0 Å². The molecule has 1 heterocycles. The summed E-state index contributed by atoms with van der Waals surface area (Å²) < 4.78 is 25.7. The Kier molecular flexibility index (Phi) is 4.39. The fourth-order valence-corrected chi connectivity index (χ4v) is 3.33. The van der Waals surface area contributed by atoms with E-state index in [1.807, 2.05) is 12.1 Å². The summed E-state index contributed by atoms with van der Waals surface area (Å²) in [6.07, 6.45) is 0.0797. The molecule has 2 fully saturated rings. The van der Waals surface area contributed by atoms with Gasteiger partial charge in [-0.25, -0.2) is 8.78 Å². The van der Waals surface area contributed by atoms with Crippen LogP contribution in [0.2, 0.25) is 0 Å². The van der Waals surface area contributed by atoms with Crippen molar-refractivity contribution >= 4 is 18.3 Å². The molecular formula is C15H21BF2N2O2. The van der Waals surface area contributed by atoms with Gasteiger partial charge in [-0.15, -0.1) is 0 Å². The summed E-state index contributed by atoms with van der Waals surface area (Å²) in [6.45, 7) is 4.27. The Bertz CT molecular complexity index is 497. The smallest absolute Gasteiger partial charge is 0.423 e. The summed E-state index contributed by atoms with van der Waals surface area (Å²) in [5.41, 5.74) is 1.53. The van der Waals surface area contributed by atoms with E-state index in [-0.39, 0.29) is 18.8 Å². The zero-order chi connectivity index (χ0) is 15.7. The maximum Gasteiger partial charge on any atom is 0.488 e. The van der Waals surface area contributed by atoms with Crippen molar-refractivity contribution in [3.63, 3.8) is 0 Å². The Balaban J connectivity index is 1.47. The van der Waals surface area contributed by atoms with Crippen LogP contribution in [0.25, 0.3) is 0 Å². The minimum atomic E-state index is -2.43. The number of anilines is 1. The molecule has 0 aromatic heterocycles. The normalized spacial score (nSPS) is 22.5. The third-order valence-electron chi connectivity index (χ3n) is 4.62. The van der Waals surface area contributed by atoms with Crippen molar-refractivity contribution in [2.75, 3.05) is 37.6 Å². The lowest BCUT2D eigenvalue weighted by Gasteiger charge is -2.41. The second-order valence-corrected chi connectivity index (χ2v) is 6.38. The molecule has 1 aliphatic heterocycles. The van der Waals surface area contributed by atoms with Crippen molar-refractivity contribution in [1.82, 2.24) is 4.90 Å². The van der Waals surface area contributed by atoms with Gasteiger partial charge in [0, 0.05) is 51.3 Å². The first kappa shape index (κ1) is 15.7. The minimum Gasteiger partial charge on any atom is -0.423 e. The SMILES string of the molecule is OB(O)c1ccc(N2CCN(CC3CC(F)(F)C3)CC2)cc1. The van der Waals surface area contributed by atoms with Gasteiger partial charge in [0.15, 0.2) is 0 Å². The summed E-state index contributed by atoms with van der Waals surface area (Å²) in [7, 11) is -1.44. The van der Waals surface area contributed by atoms with Gasteiger partial charge in [-0.3, -0.25) is 4.90 Å². The van der Waals surface area contributed by atoms with Crippen LogP contribution in [0.5, 0.6) is 0 Å². The van der Waals surface area contributed by atoms with E-state index >= 15 is 0 Å². The lowest BCUT2D eigenvalue weighted by molar-refractivity contribution is -0.116. The number of piperazine rings is 1. The monoisotopic (exact) mass is 310 g/mol. The summed E-state index contributed by atoms with van der Waals surface area (Å²) >= 11 is 0. The molecule has 0 radical (unpaired) electrons. The third-order valence-corrected chi connectivity index (χ3v) is 4.62. The highest BCUT2D eigenvalue weighted by atomic mass is 19.3. The molecule has 0 atom stereocenters. The fraction of sp³-hybridized carbons (Fsp3) is 0.600. The number of halogens is 2. The van der Waals surface area contributed by atoms with Crippen LogP contribution in [-0.4, -0.2) is 60.7 Å². The average Bonchev–Trinajstić information content (AvgIpc) is 2.46. The standard InChI is InChI=1S/C15H21BF2N2O2/c17-15(18)9-12(10-15)11-19-5-7-20(8-6-19)14-3-1-13(2-4-14)16(21)22/h1-4,12,21-22H,5-11H2. The first-order valence-electron chi connectivity index (χ1n) is 7.74. The molecule has 1 saturated carbocycles. The molecule has 0 amide bonds. The van der Waals surface area contributed by atoms with Gasteiger partial charge in [-0.2, -0.15) is 0 Å². The number of rotatable bonds is 4. The second-order valence-electron chi connectivity index (χ2n) is 6.38. The maximum absolute atomic E-state index is 12.9. The summed E-state index contributed by atoms with van der Waals surface area (Å²) in [5, 5.41) is 18.2. The predicted octanol–water partition coefficient (Wildman–Crippen LogP) is 0.534. The molecule has 4 nitrogen and oxygen atoms in total. The molecule has 1 aromatic rings. The fourth-order valence-electron chi connectivity index (χ4n) is 3.33. The third kappa shape index (κ3) is 3.59. The Labute approximate surface area is 129 Å². The highest BCUT2D eigenvalue weighted by molar-refractivity contribution is 6.58. The molecule has 1 saturated heterocycles. The van der Waals surface area contributed by atoms with Crippen LogP contribution in [0.3, 0.4) is 0 Å². The van der Waals surface area contributed by atoms with E-state index in [2.05, 4.69) is 9.80 Å². The number of nitrogens with zero attached hydrogens (tertiary/aromatic N) is 2. The molecule has 7 heteroatoms. The van der Waals surface area contributed by atoms with Gasteiger partial charge in [-0.05, 0) is 23.5 Å². The van der Waals surface area contributed by atoms with Crippen molar-refractivity contribution in [3.8, 4) is 0 Å². The lowest BCUT2D eigenvalue weighted by atomic mass is 9.80. The summed E-state index contributed by atoms with van der Waals surface area (Å²) in [4.78, 5) is 4.50. The van der Waals surface area contributed by atoms with E-state index in [0.29, 0.717) is 5.46 Å².